The molecule has 0 saturated carbocycles. The van der Waals surface area contributed by atoms with E-state index in [1.54, 1.807) is 0 Å². The van der Waals surface area contributed by atoms with Crippen LogP contribution in [0.2, 0.25) is 0 Å². The summed E-state index contributed by atoms with van der Waals surface area (Å²) in [5.74, 6) is 4.08. The van der Waals surface area contributed by atoms with Crippen LogP contribution >= 0.6 is 0 Å². The van der Waals surface area contributed by atoms with Gasteiger partial charge in [0.15, 0.2) is 0 Å². The maximum atomic E-state index is 13.6. The first kappa shape index (κ1) is 20.1. The SMILES string of the molecule is O=C(NCC#Cc1cccc(F)c1[N+](=O)[O-])OCC1c2ccccc2-c2ccccc21. The molecule has 0 unspecified atom stereocenters. The van der Waals surface area contributed by atoms with Crippen molar-refractivity contribution in [1.29, 1.82) is 0 Å². The van der Waals surface area contributed by atoms with Crippen LogP contribution in [-0.4, -0.2) is 24.2 Å². The largest absolute Gasteiger partial charge is 0.449 e. The van der Waals surface area contributed by atoms with Crippen molar-refractivity contribution >= 4 is 11.8 Å². The lowest BCUT2D eigenvalue weighted by atomic mass is 9.98. The predicted molar refractivity (Wildman–Crippen MR) is 113 cm³/mol. The number of nitrogens with zero attached hydrogens (tertiary/aromatic N) is 1. The smallest absolute Gasteiger partial charge is 0.407 e. The zero-order valence-corrected chi connectivity index (χ0v) is 16.3. The molecule has 3 aromatic rings. The molecular formula is C24H17FN2O4. The normalized spacial score (nSPS) is 11.6. The number of amides is 1. The average Bonchev–Trinajstić information content (AvgIpc) is 3.09. The van der Waals surface area contributed by atoms with Gasteiger partial charge in [-0.2, -0.15) is 4.39 Å². The molecule has 0 saturated heterocycles. The molecule has 0 bridgehead atoms. The highest BCUT2D eigenvalue weighted by atomic mass is 19.1. The Morgan fingerprint density at radius 3 is 2.32 bits per heavy atom. The van der Waals surface area contributed by atoms with Crippen molar-refractivity contribution in [3.63, 3.8) is 0 Å². The maximum absolute atomic E-state index is 13.6. The Kier molecular flexibility index (Phi) is 5.63. The third-order valence-corrected chi connectivity index (χ3v) is 5.06. The van der Waals surface area contributed by atoms with Gasteiger partial charge in [0.2, 0.25) is 5.82 Å². The Morgan fingerprint density at radius 2 is 1.68 bits per heavy atom. The fraction of sp³-hybridized carbons (Fsp3) is 0.125. The number of rotatable bonds is 4. The summed E-state index contributed by atoms with van der Waals surface area (Å²) < 4.78 is 19.0. The van der Waals surface area contributed by atoms with E-state index in [4.69, 9.17) is 4.74 Å². The molecule has 0 aromatic heterocycles. The minimum atomic E-state index is -0.957. The van der Waals surface area contributed by atoms with E-state index in [-0.39, 0.29) is 24.6 Å². The van der Waals surface area contributed by atoms with Crippen molar-refractivity contribution in [2.24, 2.45) is 0 Å². The Morgan fingerprint density at radius 1 is 1.03 bits per heavy atom. The number of alkyl carbamates (subject to hydrolysis) is 1. The van der Waals surface area contributed by atoms with Crippen molar-refractivity contribution in [2.45, 2.75) is 5.92 Å². The summed E-state index contributed by atoms with van der Waals surface area (Å²) in [6, 6.07) is 19.7. The molecular weight excluding hydrogens is 399 g/mol. The molecule has 7 heteroatoms. The number of fused-ring (bicyclic) bond motifs is 3. The van der Waals surface area contributed by atoms with Gasteiger partial charge in [-0.25, -0.2) is 4.79 Å². The highest BCUT2D eigenvalue weighted by Crippen LogP contribution is 2.44. The number of nitrogens with one attached hydrogen (secondary N) is 1. The van der Waals surface area contributed by atoms with Crippen molar-refractivity contribution in [2.75, 3.05) is 13.2 Å². The summed E-state index contributed by atoms with van der Waals surface area (Å²) >= 11 is 0. The molecule has 0 fully saturated rings. The molecule has 1 aliphatic carbocycles. The summed E-state index contributed by atoms with van der Waals surface area (Å²) in [5.41, 5.74) is 3.74. The number of benzene rings is 3. The van der Waals surface area contributed by atoms with Crippen molar-refractivity contribution < 1.29 is 18.8 Å². The predicted octanol–water partition coefficient (Wildman–Crippen LogP) is 4.62. The summed E-state index contributed by atoms with van der Waals surface area (Å²) in [5, 5.41) is 13.5. The third-order valence-electron chi connectivity index (χ3n) is 5.06. The average molecular weight is 416 g/mol. The number of ether oxygens (including phenoxy) is 1. The molecule has 0 radical (unpaired) electrons. The fourth-order valence-electron chi connectivity index (χ4n) is 3.71. The van der Waals surface area contributed by atoms with Crippen LogP contribution in [0.15, 0.2) is 66.7 Å². The standard InChI is InChI=1S/C24H17FN2O4/c25-22-13-5-7-16(23(22)27(29)30)8-6-14-26-24(28)31-15-21-19-11-3-1-9-17(19)18-10-2-4-12-20(18)21/h1-5,7,9-13,21H,14-15H2,(H,26,28). The number of hydrogen-bond acceptors (Lipinski definition) is 4. The van der Waals surface area contributed by atoms with Gasteiger partial charge in [-0.1, -0.05) is 66.4 Å². The van der Waals surface area contributed by atoms with Gasteiger partial charge in [-0.3, -0.25) is 10.1 Å². The van der Waals surface area contributed by atoms with Crippen molar-refractivity contribution in [3.05, 3.63) is 99.4 Å². The van der Waals surface area contributed by atoms with Crippen LogP contribution in [-0.2, 0) is 4.74 Å². The van der Waals surface area contributed by atoms with E-state index in [2.05, 4.69) is 29.3 Å². The minimum Gasteiger partial charge on any atom is -0.449 e. The second-order valence-electron chi connectivity index (χ2n) is 6.87. The van der Waals surface area contributed by atoms with Gasteiger partial charge in [-0.15, -0.1) is 0 Å². The zero-order chi connectivity index (χ0) is 21.8. The number of nitro groups is 1. The van der Waals surface area contributed by atoms with Gasteiger partial charge >= 0.3 is 11.8 Å². The molecule has 154 valence electrons. The van der Waals surface area contributed by atoms with E-state index in [1.165, 1.54) is 12.1 Å². The first-order chi connectivity index (χ1) is 15.1. The summed E-state index contributed by atoms with van der Waals surface area (Å²) in [6.07, 6.45) is -0.648. The fourth-order valence-corrected chi connectivity index (χ4v) is 3.71. The number of hydrogen-bond donors (Lipinski definition) is 1. The maximum Gasteiger partial charge on any atom is 0.407 e. The van der Waals surface area contributed by atoms with Crippen LogP contribution in [0.25, 0.3) is 11.1 Å². The molecule has 3 aromatic carbocycles. The number of carbonyl (C=O) groups is 1. The number of carbonyl (C=O) groups excluding carboxylic acids is 1. The molecule has 31 heavy (non-hydrogen) atoms. The summed E-state index contributed by atoms with van der Waals surface area (Å²) in [6.45, 7) is 0.0764. The molecule has 0 spiro atoms. The van der Waals surface area contributed by atoms with E-state index >= 15 is 0 Å². The van der Waals surface area contributed by atoms with Gasteiger partial charge in [0.25, 0.3) is 0 Å². The van der Waals surface area contributed by atoms with Crippen molar-refractivity contribution in [1.82, 2.24) is 5.32 Å². The van der Waals surface area contributed by atoms with Crippen LogP contribution in [0.4, 0.5) is 14.9 Å². The number of halogens is 1. The zero-order valence-electron chi connectivity index (χ0n) is 16.3. The second-order valence-corrected chi connectivity index (χ2v) is 6.87. The highest BCUT2D eigenvalue weighted by molar-refractivity contribution is 5.79. The van der Waals surface area contributed by atoms with Gasteiger partial charge in [0.1, 0.15) is 12.2 Å². The monoisotopic (exact) mass is 416 g/mol. The highest BCUT2D eigenvalue weighted by Gasteiger charge is 2.28. The van der Waals surface area contributed by atoms with E-state index in [0.29, 0.717) is 0 Å². The van der Waals surface area contributed by atoms with Gasteiger partial charge in [0.05, 0.1) is 11.5 Å². The van der Waals surface area contributed by atoms with E-state index in [0.717, 1.165) is 28.3 Å². The Bertz CT molecular complexity index is 1180. The molecule has 1 N–H and O–H groups in total. The lowest BCUT2D eigenvalue weighted by Gasteiger charge is -2.14. The van der Waals surface area contributed by atoms with E-state index in [1.807, 2.05) is 36.4 Å². The lowest BCUT2D eigenvalue weighted by Crippen LogP contribution is -2.26. The Labute approximate surface area is 177 Å². The summed E-state index contributed by atoms with van der Waals surface area (Å²) in [4.78, 5) is 22.3. The van der Waals surface area contributed by atoms with E-state index in [9.17, 15) is 19.3 Å². The second kappa shape index (κ2) is 8.67. The summed E-state index contributed by atoms with van der Waals surface area (Å²) in [7, 11) is 0. The molecule has 6 nitrogen and oxygen atoms in total. The lowest BCUT2D eigenvalue weighted by molar-refractivity contribution is -0.387. The Hall–Kier alpha value is -4.18. The third kappa shape index (κ3) is 4.09. The van der Waals surface area contributed by atoms with Crippen LogP contribution in [0, 0.1) is 27.8 Å². The molecule has 1 amide bonds. The Balaban J connectivity index is 1.37. The minimum absolute atomic E-state index is 0.0562. The van der Waals surface area contributed by atoms with Gasteiger partial charge in [0, 0.05) is 5.92 Å². The molecule has 0 aliphatic heterocycles. The van der Waals surface area contributed by atoms with Crippen LogP contribution in [0.5, 0.6) is 0 Å². The topological polar surface area (TPSA) is 81.5 Å². The first-order valence-electron chi connectivity index (χ1n) is 9.57. The first-order valence-corrected chi connectivity index (χ1v) is 9.57. The molecule has 4 rings (SSSR count). The van der Waals surface area contributed by atoms with Gasteiger partial charge in [-0.05, 0) is 34.4 Å². The molecule has 0 atom stereocenters. The number of para-hydroxylation sites is 1. The van der Waals surface area contributed by atoms with E-state index < -0.39 is 22.5 Å². The van der Waals surface area contributed by atoms with Crippen molar-refractivity contribution in [3.8, 4) is 23.0 Å². The molecule has 1 aliphatic rings. The quantitative estimate of drug-likeness (QED) is 0.382. The van der Waals surface area contributed by atoms with Crippen LogP contribution in [0.3, 0.4) is 0 Å². The number of nitro benzene ring substituents is 1. The van der Waals surface area contributed by atoms with Crippen LogP contribution < -0.4 is 5.32 Å². The van der Waals surface area contributed by atoms with Crippen LogP contribution in [0.1, 0.15) is 22.6 Å². The molecule has 0 heterocycles. The van der Waals surface area contributed by atoms with Gasteiger partial charge < -0.3 is 10.1 Å².